The van der Waals surface area contributed by atoms with Gasteiger partial charge >= 0.3 is 0 Å². The first-order valence-corrected chi connectivity index (χ1v) is 2.13. The van der Waals surface area contributed by atoms with Crippen molar-refractivity contribution in [2.45, 2.75) is 0 Å². The number of nitrogens with zero attached hydrogens (tertiary/aromatic N) is 1. The van der Waals surface area contributed by atoms with E-state index in [4.69, 9.17) is 4.79 Å². The minimum Gasteiger partial charge on any atom is -0.307 e. The van der Waals surface area contributed by atoms with Crippen LogP contribution < -0.4 is 5.43 Å². The lowest BCUT2D eigenvalue weighted by Crippen LogP contribution is -2.50. The molecule has 0 atom stereocenters. The number of hydrogen-bond donors (Lipinski definition) is 1. The quantitative estimate of drug-likeness (QED) is 0.449. The number of nitrogens with one attached hydrogen (secondary N) is 1. The van der Waals surface area contributed by atoms with Crippen LogP contribution in [0, 0.1) is 0 Å². The maximum Gasteiger partial charge on any atom is 0.106 e. The summed E-state index contributed by atoms with van der Waals surface area (Å²) in [6.07, 6.45) is 0. The van der Waals surface area contributed by atoms with E-state index in [-0.39, 0.29) is 1.43 Å². The van der Waals surface area contributed by atoms with E-state index in [0.717, 1.165) is 6.54 Å². The highest BCUT2D eigenvalue weighted by molar-refractivity contribution is 5.10. The van der Waals surface area contributed by atoms with E-state index in [0.29, 0.717) is 0 Å². The van der Waals surface area contributed by atoms with Crippen LogP contribution in [0.1, 0.15) is 1.43 Å². The Hall–Kier alpha value is -0.410. The molecule has 0 amide bonds. The summed E-state index contributed by atoms with van der Waals surface area (Å²) in [4.78, 5) is 8.00. The molecule has 1 rings (SSSR count). The van der Waals surface area contributed by atoms with Crippen molar-refractivity contribution < 1.29 is 6.22 Å². The normalized spacial score (nSPS) is 19.0. The highest BCUT2D eigenvalue weighted by atomic mass is 16.1. The predicted octanol–water partition coefficient (Wildman–Crippen LogP) is -0.503. The summed E-state index contributed by atoms with van der Waals surface area (Å²) < 4.78 is 0. The van der Waals surface area contributed by atoms with Gasteiger partial charge in [0.2, 0.25) is 0 Å². The van der Waals surface area contributed by atoms with E-state index in [1.54, 1.807) is 0 Å². The molecule has 0 bridgehead atoms. The summed E-state index contributed by atoms with van der Waals surface area (Å²) in [6.45, 7) is 4.37. The fourth-order valence-electron chi connectivity index (χ4n) is 0.335. The van der Waals surface area contributed by atoms with Gasteiger partial charge in [-0.05, 0) is 0 Å². The maximum absolute atomic E-state index is 8.00. The SMILES string of the molecule is C=O.CN1CCN1.[HH]. The fourth-order valence-corrected chi connectivity index (χ4v) is 0.335. The van der Waals surface area contributed by atoms with E-state index in [2.05, 4.69) is 10.4 Å². The van der Waals surface area contributed by atoms with E-state index < -0.39 is 0 Å². The molecule has 0 saturated carbocycles. The fraction of sp³-hybridized carbons (Fsp3) is 0.750. The smallest absolute Gasteiger partial charge is 0.106 e. The molecule has 44 valence electrons. The van der Waals surface area contributed by atoms with Crippen molar-refractivity contribution in [1.29, 1.82) is 0 Å². The van der Waals surface area contributed by atoms with Crippen molar-refractivity contribution in [3.8, 4) is 0 Å². The van der Waals surface area contributed by atoms with Crippen molar-refractivity contribution in [3.63, 3.8) is 0 Å². The van der Waals surface area contributed by atoms with Gasteiger partial charge in [-0.15, -0.1) is 0 Å². The van der Waals surface area contributed by atoms with Crippen LogP contribution >= 0.6 is 0 Å². The summed E-state index contributed by atoms with van der Waals surface area (Å²) in [7, 11) is 2.03. The lowest BCUT2D eigenvalue weighted by atomic mass is 10.5. The molecule has 0 radical (unpaired) electrons. The molecule has 0 aromatic rings. The summed E-state index contributed by atoms with van der Waals surface area (Å²) in [5.74, 6) is 0. The highest BCUT2D eigenvalue weighted by Crippen LogP contribution is 1.80. The van der Waals surface area contributed by atoms with Gasteiger partial charge < -0.3 is 4.79 Å². The first-order valence-electron chi connectivity index (χ1n) is 2.13. The van der Waals surface area contributed by atoms with Crippen LogP contribution in [0.25, 0.3) is 0 Å². The van der Waals surface area contributed by atoms with Crippen molar-refractivity contribution >= 4 is 6.79 Å². The van der Waals surface area contributed by atoms with Crippen molar-refractivity contribution in [3.05, 3.63) is 0 Å². The van der Waals surface area contributed by atoms with Gasteiger partial charge in [0.1, 0.15) is 6.79 Å². The summed E-state index contributed by atoms with van der Waals surface area (Å²) >= 11 is 0. The van der Waals surface area contributed by atoms with Gasteiger partial charge in [-0.1, -0.05) is 0 Å². The molecule has 1 aliphatic heterocycles. The largest absolute Gasteiger partial charge is 0.307 e. The van der Waals surface area contributed by atoms with Crippen LogP contribution in [-0.2, 0) is 4.79 Å². The second-order valence-corrected chi connectivity index (χ2v) is 1.33. The third kappa shape index (κ3) is 2.31. The first kappa shape index (κ1) is 6.59. The number of likely N-dealkylation sites (N-methyl/N-ethyl adjacent to an activating group) is 1. The molecule has 0 spiro atoms. The van der Waals surface area contributed by atoms with E-state index >= 15 is 0 Å². The van der Waals surface area contributed by atoms with Gasteiger partial charge in [0.05, 0.1) is 0 Å². The molecular formula is C4H12N2O. The molecule has 1 fully saturated rings. The molecule has 0 unspecified atom stereocenters. The van der Waals surface area contributed by atoms with Crippen molar-refractivity contribution in [2.24, 2.45) is 0 Å². The lowest BCUT2D eigenvalue weighted by Gasteiger charge is -2.26. The van der Waals surface area contributed by atoms with Crippen molar-refractivity contribution in [1.82, 2.24) is 10.4 Å². The average Bonchev–Trinajstić information content (AvgIpc) is 1.68. The molecule has 0 aliphatic carbocycles. The van der Waals surface area contributed by atoms with Crippen LogP contribution in [-0.4, -0.2) is 31.9 Å². The molecule has 1 N–H and O–H groups in total. The molecule has 0 aromatic carbocycles. The number of hydrogen-bond acceptors (Lipinski definition) is 3. The number of hydrazine groups is 1. The van der Waals surface area contributed by atoms with Crippen LogP contribution in [0.3, 0.4) is 0 Å². The molecule has 1 saturated heterocycles. The Kier molecular flexibility index (Phi) is 3.55. The van der Waals surface area contributed by atoms with Crippen molar-refractivity contribution in [2.75, 3.05) is 20.1 Å². The predicted molar refractivity (Wildman–Crippen MR) is 29.9 cm³/mol. The second-order valence-electron chi connectivity index (χ2n) is 1.33. The third-order valence-corrected chi connectivity index (χ3v) is 0.829. The van der Waals surface area contributed by atoms with Crippen LogP contribution in [0.15, 0.2) is 0 Å². The zero-order valence-electron chi connectivity index (χ0n) is 4.48. The Morgan fingerprint density at radius 1 is 1.86 bits per heavy atom. The Bertz CT molecular complexity index is 49.3. The zero-order chi connectivity index (χ0) is 5.70. The van der Waals surface area contributed by atoms with Gasteiger partial charge in [-0.3, -0.25) is 5.43 Å². The lowest BCUT2D eigenvalue weighted by molar-refractivity contribution is -0.0979. The number of carbonyl (C=O) groups excluding carboxylic acids is 1. The topological polar surface area (TPSA) is 32.3 Å². The average molecular weight is 104 g/mol. The second kappa shape index (κ2) is 3.77. The van der Waals surface area contributed by atoms with Gasteiger partial charge in [-0.2, -0.15) is 0 Å². The van der Waals surface area contributed by atoms with Crippen LogP contribution in [0.5, 0.6) is 0 Å². The van der Waals surface area contributed by atoms with Gasteiger partial charge in [-0.25, -0.2) is 5.01 Å². The maximum atomic E-state index is 8.00. The molecule has 1 heterocycles. The van der Waals surface area contributed by atoms with E-state index in [1.165, 1.54) is 6.54 Å². The van der Waals surface area contributed by atoms with Gasteiger partial charge in [0.25, 0.3) is 0 Å². The standard InChI is InChI=1S/C3H8N2.CH2O.H2/c1-5-3-2-4-5;1-2;/h4H,2-3H2,1H3;1H2;1H. The Morgan fingerprint density at radius 3 is 2.14 bits per heavy atom. The van der Waals surface area contributed by atoms with E-state index in [1.807, 2.05) is 13.8 Å². The zero-order valence-corrected chi connectivity index (χ0v) is 4.48. The van der Waals surface area contributed by atoms with E-state index in [9.17, 15) is 0 Å². The summed E-state index contributed by atoms with van der Waals surface area (Å²) in [6, 6.07) is 0. The summed E-state index contributed by atoms with van der Waals surface area (Å²) in [5.41, 5.74) is 3.04. The van der Waals surface area contributed by atoms with Crippen LogP contribution in [0.2, 0.25) is 0 Å². The van der Waals surface area contributed by atoms with Crippen LogP contribution in [0.4, 0.5) is 0 Å². The Morgan fingerprint density at radius 2 is 2.14 bits per heavy atom. The number of carbonyl (C=O) groups is 1. The third-order valence-electron chi connectivity index (χ3n) is 0.829. The Balaban J connectivity index is 0. The summed E-state index contributed by atoms with van der Waals surface area (Å²) in [5, 5.41) is 2.06. The number of rotatable bonds is 0. The molecule has 3 heteroatoms. The molecular weight excluding hydrogens is 92.1 g/mol. The van der Waals surface area contributed by atoms with Gasteiger partial charge in [0, 0.05) is 21.6 Å². The first-order chi connectivity index (χ1) is 3.39. The molecule has 1 aliphatic rings. The molecule has 3 nitrogen and oxygen atoms in total. The monoisotopic (exact) mass is 104 g/mol. The molecule has 7 heavy (non-hydrogen) atoms. The minimum absolute atomic E-state index is 0. The van der Waals surface area contributed by atoms with Gasteiger partial charge in [0.15, 0.2) is 0 Å². The molecule has 0 aromatic heterocycles. The Labute approximate surface area is 44.8 Å². The highest BCUT2D eigenvalue weighted by Gasteiger charge is 2.02. The minimum atomic E-state index is 0.